The van der Waals surface area contributed by atoms with Crippen molar-refractivity contribution in [3.05, 3.63) is 36.4 Å². The van der Waals surface area contributed by atoms with Crippen LogP contribution >= 0.6 is 11.8 Å². The van der Waals surface area contributed by atoms with Gasteiger partial charge in [0.25, 0.3) is 0 Å². The van der Waals surface area contributed by atoms with Gasteiger partial charge < -0.3 is 0 Å². The number of unbranched alkanes of at least 4 members (excludes halogenated alkanes) is 9. The number of fused-ring (bicyclic) bond motifs is 1. The molecule has 1 nitrogen and oxygen atoms in total. The van der Waals surface area contributed by atoms with Gasteiger partial charge in [0.1, 0.15) is 0 Å². The van der Waals surface area contributed by atoms with E-state index in [1.165, 1.54) is 80.4 Å². The van der Waals surface area contributed by atoms with Crippen molar-refractivity contribution in [1.82, 2.24) is 4.98 Å². The summed E-state index contributed by atoms with van der Waals surface area (Å²) < 4.78 is 0. The minimum absolute atomic E-state index is 1.11. The summed E-state index contributed by atoms with van der Waals surface area (Å²) in [5.74, 6) is 1.20. The molecule has 1 aromatic carbocycles. The highest BCUT2D eigenvalue weighted by Gasteiger charge is 1.99. The summed E-state index contributed by atoms with van der Waals surface area (Å²) in [5.41, 5.74) is 1.11. The predicted molar refractivity (Wildman–Crippen MR) is 104 cm³/mol. The molecule has 126 valence electrons. The molecule has 0 unspecified atom stereocenters. The molecule has 0 bridgehead atoms. The summed E-state index contributed by atoms with van der Waals surface area (Å²) in [6, 6.07) is 12.7. The Kier molecular flexibility index (Phi) is 9.16. The number of nitrogens with zero attached hydrogens (tertiary/aromatic N) is 1. The van der Waals surface area contributed by atoms with Crippen LogP contribution in [-0.2, 0) is 0 Å². The lowest BCUT2D eigenvalue weighted by Gasteiger charge is -2.04. The number of para-hydroxylation sites is 1. The van der Waals surface area contributed by atoms with Crippen molar-refractivity contribution in [2.45, 2.75) is 76.2 Å². The first-order valence-electron chi connectivity index (χ1n) is 9.39. The summed E-state index contributed by atoms with van der Waals surface area (Å²) in [6.45, 7) is 2.28. The van der Waals surface area contributed by atoms with Crippen LogP contribution in [0.2, 0.25) is 0 Å². The Morgan fingerprint density at radius 2 is 1.39 bits per heavy atom. The monoisotopic (exact) mass is 329 g/mol. The molecule has 0 saturated carbocycles. The van der Waals surface area contributed by atoms with Gasteiger partial charge in [0.2, 0.25) is 0 Å². The molecular formula is C21H31NS. The van der Waals surface area contributed by atoms with Crippen molar-refractivity contribution < 1.29 is 0 Å². The maximum Gasteiger partial charge on any atom is 0.0967 e. The fraction of sp³-hybridized carbons (Fsp3) is 0.571. The fourth-order valence-corrected chi connectivity index (χ4v) is 3.78. The molecule has 23 heavy (non-hydrogen) atoms. The van der Waals surface area contributed by atoms with E-state index in [1.807, 2.05) is 11.8 Å². The summed E-state index contributed by atoms with van der Waals surface area (Å²) in [6.07, 6.45) is 14.0. The largest absolute Gasteiger partial charge is 0.241 e. The predicted octanol–water partition coefficient (Wildman–Crippen LogP) is 7.25. The van der Waals surface area contributed by atoms with Crippen molar-refractivity contribution in [1.29, 1.82) is 0 Å². The molecule has 0 saturated heterocycles. The van der Waals surface area contributed by atoms with Crippen molar-refractivity contribution in [3.63, 3.8) is 0 Å². The number of hydrogen-bond donors (Lipinski definition) is 0. The highest BCUT2D eigenvalue weighted by Crippen LogP contribution is 2.21. The quantitative estimate of drug-likeness (QED) is 0.300. The van der Waals surface area contributed by atoms with Crippen molar-refractivity contribution >= 4 is 22.7 Å². The zero-order chi connectivity index (χ0) is 16.2. The Balaban J connectivity index is 1.50. The average molecular weight is 330 g/mol. The standard InChI is InChI=1S/C21H31NS/c1-2-3-4-5-6-7-8-9-10-13-18-23-21-17-16-19-14-11-12-15-20(19)22-21/h11-12,14-17H,2-10,13,18H2,1H3. The molecule has 2 aromatic rings. The topological polar surface area (TPSA) is 12.9 Å². The lowest BCUT2D eigenvalue weighted by Crippen LogP contribution is -1.86. The molecule has 2 rings (SSSR count). The first-order valence-corrected chi connectivity index (χ1v) is 10.4. The average Bonchev–Trinajstić information content (AvgIpc) is 2.59. The van der Waals surface area contributed by atoms with Crippen LogP contribution in [0.5, 0.6) is 0 Å². The Bertz CT molecular complexity index is 552. The SMILES string of the molecule is CCCCCCCCCCCCSc1ccc2ccccc2n1. The van der Waals surface area contributed by atoms with Crippen LogP contribution < -0.4 is 0 Å². The van der Waals surface area contributed by atoms with Crippen LogP contribution in [0, 0.1) is 0 Å². The molecule has 0 N–H and O–H groups in total. The molecule has 0 spiro atoms. The van der Waals surface area contributed by atoms with Crippen LogP contribution in [0.15, 0.2) is 41.4 Å². The molecule has 0 amide bonds. The molecular weight excluding hydrogens is 298 g/mol. The van der Waals surface area contributed by atoms with E-state index in [0.717, 1.165) is 5.52 Å². The molecule has 1 heterocycles. The van der Waals surface area contributed by atoms with Gasteiger partial charge >= 0.3 is 0 Å². The van der Waals surface area contributed by atoms with Gasteiger partial charge in [0, 0.05) is 5.39 Å². The fourth-order valence-electron chi connectivity index (χ4n) is 2.89. The number of rotatable bonds is 12. The summed E-state index contributed by atoms with van der Waals surface area (Å²) in [5, 5.41) is 2.40. The number of pyridine rings is 1. The summed E-state index contributed by atoms with van der Waals surface area (Å²) in [7, 11) is 0. The first kappa shape index (κ1) is 18.3. The molecule has 1 aromatic heterocycles. The second-order valence-corrected chi connectivity index (χ2v) is 7.49. The lowest BCUT2D eigenvalue weighted by atomic mass is 10.1. The van der Waals surface area contributed by atoms with Gasteiger partial charge in [-0.25, -0.2) is 4.98 Å². The number of benzene rings is 1. The van der Waals surface area contributed by atoms with Gasteiger partial charge in [0.05, 0.1) is 10.5 Å². The van der Waals surface area contributed by atoms with E-state index in [1.54, 1.807) is 0 Å². The van der Waals surface area contributed by atoms with E-state index in [4.69, 9.17) is 4.98 Å². The smallest absolute Gasteiger partial charge is 0.0967 e. The molecule has 0 atom stereocenters. The molecule has 0 radical (unpaired) electrons. The van der Waals surface area contributed by atoms with E-state index in [9.17, 15) is 0 Å². The Morgan fingerprint density at radius 1 is 0.739 bits per heavy atom. The minimum Gasteiger partial charge on any atom is -0.241 e. The third kappa shape index (κ3) is 7.39. The van der Waals surface area contributed by atoms with E-state index in [2.05, 4.69) is 43.3 Å². The van der Waals surface area contributed by atoms with Gasteiger partial charge in [-0.15, -0.1) is 11.8 Å². The number of aromatic nitrogens is 1. The third-order valence-electron chi connectivity index (χ3n) is 4.32. The van der Waals surface area contributed by atoms with Crippen molar-refractivity contribution in [2.24, 2.45) is 0 Å². The van der Waals surface area contributed by atoms with Crippen LogP contribution in [0.1, 0.15) is 71.1 Å². The summed E-state index contributed by atoms with van der Waals surface area (Å²) >= 11 is 1.90. The molecule has 0 aliphatic rings. The second-order valence-electron chi connectivity index (χ2n) is 6.37. The number of hydrogen-bond acceptors (Lipinski definition) is 2. The van der Waals surface area contributed by atoms with Crippen molar-refractivity contribution in [3.8, 4) is 0 Å². The van der Waals surface area contributed by atoms with E-state index in [0.29, 0.717) is 0 Å². The molecule has 0 fully saturated rings. The van der Waals surface area contributed by atoms with Crippen LogP contribution in [0.3, 0.4) is 0 Å². The van der Waals surface area contributed by atoms with Crippen LogP contribution in [0.4, 0.5) is 0 Å². The van der Waals surface area contributed by atoms with Gasteiger partial charge in [-0.2, -0.15) is 0 Å². The summed E-state index contributed by atoms with van der Waals surface area (Å²) in [4.78, 5) is 4.72. The highest BCUT2D eigenvalue weighted by molar-refractivity contribution is 7.99. The Morgan fingerprint density at radius 3 is 2.13 bits per heavy atom. The molecule has 2 heteroatoms. The Labute approximate surface area is 146 Å². The lowest BCUT2D eigenvalue weighted by molar-refractivity contribution is 0.563. The number of thioether (sulfide) groups is 1. The maximum absolute atomic E-state index is 4.72. The van der Waals surface area contributed by atoms with E-state index >= 15 is 0 Å². The van der Waals surface area contributed by atoms with Gasteiger partial charge in [-0.3, -0.25) is 0 Å². The minimum atomic E-state index is 1.11. The zero-order valence-electron chi connectivity index (χ0n) is 14.6. The zero-order valence-corrected chi connectivity index (χ0v) is 15.4. The van der Waals surface area contributed by atoms with Gasteiger partial charge in [-0.05, 0) is 24.3 Å². The second kappa shape index (κ2) is 11.5. The van der Waals surface area contributed by atoms with Crippen molar-refractivity contribution in [2.75, 3.05) is 5.75 Å². The van der Waals surface area contributed by atoms with Crippen LogP contribution in [0.25, 0.3) is 10.9 Å². The first-order chi connectivity index (χ1) is 11.4. The maximum atomic E-state index is 4.72. The van der Waals surface area contributed by atoms with E-state index < -0.39 is 0 Å². The molecule has 0 aliphatic carbocycles. The Hall–Kier alpha value is -1.02. The third-order valence-corrected chi connectivity index (χ3v) is 5.34. The van der Waals surface area contributed by atoms with Crippen LogP contribution in [-0.4, -0.2) is 10.7 Å². The molecule has 0 aliphatic heterocycles. The van der Waals surface area contributed by atoms with E-state index in [-0.39, 0.29) is 0 Å². The van der Waals surface area contributed by atoms with Gasteiger partial charge in [0.15, 0.2) is 0 Å². The highest BCUT2D eigenvalue weighted by atomic mass is 32.2. The normalized spacial score (nSPS) is 11.2. The van der Waals surface area contributed by atoms with Gasteiger partial charge in [-0.1, -0.05) is 89.0 Å².